The Bertz CT molecular complexity index is 756. The number of aromatic nitrogens is 1. The van der Waals surface area contributed by atoms with E-state index < -0.39 is 5.91 Å². The van der Waals surface area contributed by atoms with E-state index in [1.807, 2.05) is 24.4 Å². The smallest absolute Gasteiger partial charge is 0.248 e. The predicted octanol–water partition coefficient (Wildman–Crippen LogP) is 1.33. The number of nitrogens with one attached hydrogen (secondary N) is 1. The van der Waals surface area contributed by atoms with Crippen LogP contribution in [-0.2, 0) is 11.3 Å². The Morgan fingerprint density at radius 1 is 1.00 bits per heavy atom. The molecule has 142 valence electrons. The zero-order valence-corrected chi connectivity index (χ0v) is 15.3. The molecule has 2 aromatic rings. The van der Waals surface area contributed by atoms with Gasteiger partial charge in [-0.05, 0) is 36.4 Å². The number of piperazine rings is 1. The number of carbonyl (C=O) groups is 2. The zero-order chi connectivity index (χ0) is 19.1. The minimum atomic E-state index is -0.477. The van der Waals surface area contributed by atoms with Gasteiger partial charge in [0.2, 0.25) is 11.8 Å². The number of pyridine rings is 1. The lowest BCUT2D eigenvalue weighted by atomic mass is 10.2. The van der Waals surface area contributed by atoms with Crippen LogP contribution in [0.15, 0.2) is 48.7 Å². The monoisotopic (exact) mass is 367 g/mol. The van der Waals surface area contributed by atoms with Crippen LogP contribution in [0.1, 0.15) is 22.5 Å². The Hall–Kier alpha value is -2.77. The normalized spacial score (nSPS) is 15.4. The van der Waals surface area contributed by atoms with Gasteiger partial charge < -0.3 is 16.0 Å². The van der Waals surface area contributed by atoms with Gasteiger partial charge in [0.25, 0.3) is 0 Å². The van der Waals surface area contributed by atoms with Crippen molar-refractivity contribution in [2.75, 3.05) is 38.0 Å². The number of rotatable bonds is 7. The SMILES string of the molecule is NC(=O)c1ccc(NC(=O)CCN2CCN(Cc3ccccn3)CC2)cc1. The molecule has 3 N–H and O–H groups in total. The Morgan fingerprint density at radius 3 is 2.33 bits per heavy atom. The van der Waals surface area contributed by atoms with Gasteiger partial charge in [0.15, 0.2) is 0 Å². The number of amides is 2. The molecule has 0 atom stereocenters. The van der Waals surface area contributed by atoms with Crippen molar-refractivity contribution in [3.63, 3.8) is 0 Å². The summed E-state index contributed by atoms with van der Waals surface area (Å²) in [6.07, 6.45) is 2.27. The van der Waals surface area contributed by atoms with E-state index in [0.717, 1.165) is 45.0 Å². The van der Waals surface area contributed by atoms with Gasteiger partial charge in [0.05, 0.1) is 5.69 Å². The highest BCUT2D eigenvalue weighted by Crippen LogP contribution is 2.11. The maximum atomic E-state index is 12.1. The third-order valence-electron chi connectivity index (χ3n) is 4.68. The molecule has 0 unspecified atom stereocenters. The van der Waals surface area contributed by atoms with Gasteiger partial charge in [-0.25, -0.2) is 0 Å². The first-order valence-electron chi connectivity index (χ1n) is 9.14. The molecule has 1 fully saturated rings. The number of benzene rings is 1. The molecule has 7 nitrogen and oxygen atoms in total. The van der Waals surface area contributed by atoms with Gasteiger partial charge >= 0.3 is 0 Å². The topological polar surface area (TPSA) is 91.6 Å². The van der Waals surface area contributed by atoms with Crippen molar-refractivity contribution in [3.05, 3.63) is 59.9 Å². The van der Waals surface area contributed by atoms with Crippen LogP contribution in [-0.4, -0.2) is 59.3 Å². The largest absolute Gasteiger partial charge is 0.366 e. The Kier molecular flexibility index (Phi) is 6.51. The van der Waals surface area contributed by atoms with Gasteiger partial charge in [-0.15, -0.1) is 0 Å². The first-order chi connectivity index (χ1) is 13.1. The second kappa shape index (κ2) is 9.25. The molecular weight excluding hydrogens is 342 g/mol. The minimum Gasteiger partial charge on any atom is -0.366 e. The van der Waals surface area contributed by atoms with E-state index >= 15 is 0 Å². The summed E-state index contributed by atoms with van der Waals surface area (Å²) in [5.74, 6) is -0.507. The second-order valence-electron chi connectivity index (χ2n) is 6.68. The summed E-state index contributed by atoms with van der Waals surface area (Å²) in [7, 11) is 0. The summed E-state index contributed by atoms with van der Waals surface area (Å²) in [6, 6.07) is 12.6. The van der Waals surface area contributed by atoms with E-state index in [2.05, 4.69) is 20.1 Å². The molecule has 3 rings (SSSR count). The molecule has 7 heteroatoms. The highest BCUT2D eigenvalue weighted by molar-refractivity contribution is 5.94. The van der Waals surface area contributed by atoms with Gasteiger partial charge in [-0.1, -0.05) is 6.07 Å². The van der Waals surface area contributed by atoms with Crippen LogP contribution in [0.3, 0.4) is 0 Å². The lowest BCUT2D eigenvalue weighted by Gasteiger charge is -2.34. The summed E-state index contributed by atoms with van der Waals surface area (Å²) in [5, 5.41) is 2.85. The number of primary amides is 1. The maximum absolute atomic E-state index is 12.1. The predicted molar refractivity (Wildman–Crippen MR) is 104 cm³/mol. The van der Waals surface area contributed by atoms with Gasteiger partial charge in [0, 0.05) is 63.1 Å². The molecule has 1 saturated heterocycles. The Balaban J connectivity index is 1.37. The third kappa shape index (κ3) is 5.87. The molecule has 1 aromatic heterocycles. The van der Waals surface area contributed by atoms with E-state index in [0.29, 0.717) is 17.7 Å². The molecule has 2 amide bonds. The molecule has 0 radical (unpaired) electrons. The van der Waals surface area contributed by atoms with Crippen molar-refractivity contribution in [3.8, 4) is 0 Å². The molecule has 1 aromatic carbocycles. The number of carbonyl (C=O) groups excluding carboxylic acids is 2. The van der Waals surface area contributed by atoms with E-state index in [1.54, 1.807) is 24.3 Å². The standard InChI is InChI=1S/C20H25N5O2/c21-20(27)16-4-6-17(7-5-16)23-19(26)8-10-24-11-13-25(14-12-24)15-18-3-1-2-9-22-18/h1-7,9H,8,10-15H2,(H2,21,27)(H,23,26). The average molecular weight is 367 g/mol. The molecule has 1 aliphatic heterocycles. The highest BCUT2D eigenvalue weighted by Gasteiger charge is 2.18. The van der Waals surface area contributed by atoms with Crippen LogP contribution in [0.5, 0.6) is 0 Å². The Labute approximate surface area is 159 Å². The first kappa shape index (κ1) is 19.0. The first-order valence-corrected chi connectivity index (χ1v) is 9.14. The minimum absolute atomic E-state index is 0.0299. The van der Waals surface area contributed by atoms with Crippen LogP contribution < -0.4 is 11.1 Å². The van der Waals surface area contributed by atoms with Crippen molar-refractivity contribution in [1.29, 1.82) is 0 Å². The van der Waals surface area contributed by atoms with E-state index in [-0.39, 0.29) is 5.91 Å². The van der Waals surface area contributed by atoms with Gasteiger partial charge in [0.1, 0.15) is 0 Å². The quantitative estimate of drug-likeness (QED) is 0.770. The zero-order valence-electron chi connectivity index (χ0n) is 15.3. The van der Waals surface area contributed by atoms with Crippen molar-refractivity contribution >= 4 is 17.5 Å². The number of hydrogen-bond donors (Lipinski definition) is 2. The van der Waals surface area contributed by atoms with Crippen molar-refractivity contribution in [2.45, 2.75) is 13.0 Å². The number of nitrogens with zero attached hydrogens (tertiary/aromatic N) is 3. The van der Waals surface area contributed by atoms with E-state index in [4.69, 9.17) is 5.73 Å². The number of nitrogens with two attached hydrogens (primary N) is 1. The van der Waals surface area contributed by atoms with Crippen LogP contribution >= 0.6 is 0 Å². The third-order valence-corrected chi connectivity index (χ3v) is 4.68. The van der Waals surface area contributed by atoms with Crippen LogP contribution in [0.2, 0.25) is 0 Å². The molecule has 2 heterocycles. The summed E-state index contributed by atoms with van der Waals surface area (Å²) >= 11 is 0. The van der Waals surface area contributed by atoms with Crippen molar-refractivity contribution in [1.82, 2.24) is 14.8 Å². The molecule has 0 bridgehead atoms. The fourth-order valence-corrected chi connectivity index (χ4v) is 3.09. The molecule has 0 aliphatic carbocycles. The van der Waals surface area contributed by atoms with Gasteiger partial charge in [-0.3, -0.25) is 19.5 Å². The maximum Gasteiger partial charge on any atom is 0.248 e. The van der Waals surface area contributed by atoms with Crippen LogP contribution in [0.4, 0.5) is 5.69 Å². The summed E-state index contributed by atoms with van der Waals surface area (Å²) < 4.78 is 0. The van der Waals surface area contributed by atoms with Crippen molar-refractivity contribution in [2.24, 2.45) is 5.73 Å². The summed E-state index contributed by atoms with van der Waals surface area (Å²) in [5.41, 5.74) is 7.40. The van der Waals surface area contributed by atoms with Gasteiger partial charge in [-0.2, -0.15) is 0 Å². The van der Waals surface area contributed by atoms with Crippen LogP contribution in [0, 0.1) is 0 Å². The van der Waals surface area contributed by atoms with E-state index in [9.17, 15) is 9.59 Å². The number of hydrogen-bond acceptors (Lipinski definition) is 5. The number of anilines is 1. The lowest BCUT2D eigenvalue weighted by Crippen LogP contribution is -2.46. The average Bonchev–Trinajstić information content (AvgIpc) is 2.69. The van der Waals surface area contributed by atoms with Crippen LogP contribution in [0.25, 0.3) is 0 Å². The highest BCUT2D eigenvalue weighted by atomic mass is 16.2. The lowest BCUT2D eigenvalue weighted by molar-refractivity contribution is -0.116. The Morgan fingerprint density at radius 2 is 1.70 bits per heavy atom. The molecule has 27 heavy (non-hydrogen) atoms. The molecular formula is C20H25N5O2. The summed E-state index contributed by atoms with van der Waals surface area (Å²) in [4.78, 5) is 32.3. The fourth-order valence-electron chi connectivity index (χ4n) is 3.09. The van der Waals surface area contributed by atoms with E-state index in [1.165, 1.54) is 0 Å². The van der Waals surface area contributed by atoms with Crippen molar-refractivity contribution < 1.29 is 9.59 Å². The summed E-state index contributed by atoms with van der Waals surface area (Å²) in [6.45, 7) is 5.47. The molecule has 1 aliphatic rings. The molecule has 0 saturated carbocycles. The molecule has 0 spiro atoms. The second-order valence-corrected chi connectivity index (χ2v) is 6.68. The fraction of sp³-hybridized carbons (Fsp3) is 0.350.